The van der Waals surface area contributed by atoms with E-state index in [0.717, 1.165) is 41.4 Å². The Hall–Kier alpha value is -1.39. The average Bonchev–Trinajstić information content (AvgIpc) is 2.99. The van der Waals surface area contributed by atoms with Gasteiger partial charge in [0.25, 0.3) is 0 Å². The zero-order valence-electron chi connectivity index (χ0n) is 10.3. The minimum Gasteiger partial charge on any atom is -0.398 e. The van der Waals surface area contributed by atoms with E-state index in [9.17, 15) is 0 Å². The SMILES string of the molecule is CC1(c2nc(-c3ccccc3N)cs2)CCCO1. The molecule has 0 aliphatic carbocycles. The molecule has 1 aliphatic rings. The highest BCUT2D eigenvalue weighted by molar-refractivity contribution is 7.10. The first-order chi connectivity index (χ1) is 8.69. The second kappa shape index (κ2) is 4.37. The molecule has 2 N–H and O–H groups in total. The first kappa shape index (κ1) is 11.7. The fourth-order valence-electron chi connectivity index (χ4n) is 2.32. The molecule has 3 rings (SSSR count). The molecule has 0 bridgehead atoms. The second-order valence-electron chi connectivity index (χ2n) is 4.81. The predicted molar refractivity (Wildman–Crippen MR) is 74.5 cm³/mol. The van der Waals surface area contributed by atoms with Gasteiger partial charge in [0.2, 0.25) is 0 Å². The predicted octanol–water partition coefficient (Wildman–Crippen LogP) is 3.42. The number of nitrogens with two attached hydrogens (primary N) is 1. The standard InChI is InChI=1S/C14H16N2OS/c1-14(7-4-8-17-14)13-16-12(9-18-13)10-5-2-3-6-11(10)15/h2-3,5-6,9H,4,7-8,15H2,1H3. The van der Waals surface area contributed by atoms with Crippen LogP contribution in [-0.4, -0.2) is 11.6 Å². The van der Waals surface area contributed by atoms with E-state index >= 15 is 0 Å². The lowest BCUT2D eigenvalue weighted by Crippen LogP contribution is -2.19. The molecule has 18 heavy (non-hydrogen) atoms. The maximum atomic E-state index is 5.98. The van der Waals surface area contributed by atoms with Crippen LogP contribution in [-0.2, 0) is 10.3 Å². The molecule has 0 radical (unpaired) electrons. The molecule has 0 saturated carbocycles. The molecule has 1 unspecified atom stereocenters. The molecule has 1 aromatic heterocycles. The van der Waals surface area contributed by atoms with Crippen LogP contribution in [0.25, 0.3) is 11.3 Å². The van der Waals surface area contributed by atoms with E-state index < -0.39 is 0 Å². The van der Waals surface area contributed by atoms with E-state index in [2.05, 4.69) is 12.3 Å². The van der Waals surface area contributed by atoms with Gasteiger partial charge >= 0.3 is 0 Å². The zero-order chi connectivity index (χ0) is 12.6. The fraction of sp³-hybridized carbons (Fsp3) is 0.357. The molecule has 2 heterocycles. The largest absolute Gasteiger partial charge is 0.398 e. The van der Waals surface area contributed by atoms with Crippen LogP contribution in [0.4, 0.5) is 5.69 Å². The van der Waals surface area contributed by atoms with Crippen LogP contribution in [0.3, 0.4) is 0 Å². The van der Waals surface area contributed by atoms with Crippen LogP contribution in [0.15, 0.2) is 29.6 Å². The highest BCUT2D eigenvalue weighted by atomic mass is 32.1. The van der Waals surface area contributed by atoms with Crippen LogP contribution in [0, 0.1) is 0 Å². The smallest absolute Gasteiger partial charge is 0.125 e. The monoisotopic (exact) mass is 260 g/mol. The summed E-state index contributed by atoms with van der Waals surface area (Å²) in [6.45, 7) is 2.95. The van der Waals surface area contributed by atoms with E-state index in [1.54, 1.807) is 11.3 Å². The van der Waals surface area contributed by atoms with Crippen LogP contribution in [0.2, 0.25) is 0 Å². The summed E-state index contributed by atoms with van der Waals surface area (Å²) in [5.74, 6) is 0. The van der Waals surface area contributed by atoms with Gasteiger partial charge in [-0.3, -0.25) is 0 Å². The van der Waals surface area contributed by atoms with Gasteiger partial charge in [0, 0.05) is 23.2 Å². The number of benzene rings is 1. The van der Waals surface area contributed by atoms with E-state index in [0.29, 0.717) is 0 Å². The van der Waals surface area contributed by atoms with Gasteiger partial charge in [0.05, 0.1) is 5.69 Å². The van der Waals surface area contributed by atoms with E-state index in [-0.39, 0.29) is 5.60 Å². The van der Waals surface area contributed by atoms with Crippen LogP contribution < -0.4 is 5.73 Å². The highest BCUT2D eigenvalue weighted by Gasteiger charge is 2.34. The Balaban J connectivity index is 1.97. The molecule has 4 heteroatoms. The zero-order valence-corrected chi connectivity index (χ0v) is 11.2. The molecular weight excluding hydrogens is 244 g/mol. The number of nitrogen functional groups attached to an aromatic ring is 1. The fourth-order valence-corrected chi connectivity index (χ4v) is 3.28. The minimum absolute atomic E-state index is 0.202. The van der Waals surface area contributed by atoms with Crippen molar-refractivity contribution in [1.29, 1.82) is 0 Å². The minimum atomic E-state index is -0.202. The summed E-state index contributed by atoms with van der Waals surface area (Å²) in [6.07, 6.45) is 2.16. The Bertz CT molecular complexity index is 558. The molecule has 1 aromatic carbocycles. The number of rotatable bonds is 2. The Morgan fingerprint density at radius 3 is 2.94 bits per heavy atom. The van der Waals surface area contributed by atoms with Gasteiger partial charge in [0.15, 0.2) is 0 Å². The van der Waals surface area contributed by atoms with Crippen molar-refractivity contribution in [2.75, 3.05) is 12.3 Å². The second-order valence-corrected chi connectivity index (χ2v) is 5.67. The lowest BCUT2D eigenvalue weighted by molar-refractivity contribution is 0.0167. The van der Waals surface area contributed by atoms with E-state index in [1.165, 1.54) is 0 Å². The number of nitrogens with zero attached hydrogens (tertiary/aromatic N) is 1. The molecule has 2 aromatic rings. The number of hydrogen-bond acceptors (Lipinski definition) is 4. The average molecular weight is 260 g/mol. The van der Waals surface area contributed by atoms with Crippen molar-refractivity contribution in [3.8, 4) is 11.3 Å². The summed E-state index contributed by atoms with van der Waals surface area (Å²) in [5.41, 5.74) is 8.50. The lowest BCUT2D eigenvalue weighted by atomic mass is 10.0. The first-order valence-electron chi connectivity index (χ1n) is 6.14. The topological polar surface area (TPSA) is 48.1 Å². The third kappa shape index (κ3) is 1.91. The number of ether oxygens (including phenoxy) is 1. The normalized spacial score (nSPS) is 23.4. The summed E-state index contributed by atoms with van der Waals surface area (Å²) in [5, 5.41) is 3.12. The Morgan fingerprint density at radius 2 is 2.22 bits per heavy atom. The van der Waals surface area contributed by atoms with Crippen molar-refractivity contribution in [3.63, 3.8) is 0 Å². The lowest BCUT2D eigenvalue weighted by Gasteiger charge is -2.19. The number of aromatic nitrogens is 1. The highest BCUT2D eigenvalue weighted by Crippen LogP contribution is 2.39. The van der Waals surface area contributed by atoms with Crippen molar-refractivity contribution in [3.05, 3.63) is 34.7 Å². The van der Waals surface area contributed by atoms with Gasteiger partial charge in [-0.1, -0.05) is 18.2 Å². The third-order valence-electron chi connectivity index (χ3n) is 3.41. The summed E-state index contributed by atoms with van der Waals surface area (Å²) in [6, 6.07) is 7.83. The first-order valence-corrected chi connectivity index (χ1v) is 7.02. The summed E-state index contributed by atoms with van der Waals surface area (Å²) in [7, 11) is 0. The van der Waals surface area contributed by atoms with Crippen molar-refractivity contribution in [2.24, 2.45) is 0 Å². The summed E-state index contributed by atoms with van der Waals surface area (Å²) in [4.78, 5) is 4.71. The van der Waals surface area contributed by atoms with Crippen molar-refractivity contribution in [1.82, 2.24) is 4.98 Å². The molecule has 1 atom stereocenters. The Kier molecular flexibility index (Phi) is 2.84. The number of anilines is 1. The molecule has 94 valence electrons. The number of para-hydroxylation sites is 1. The Morgan fingerprint density at radius 1 is 1.39 bits per heavy atom. The van der Waals surface area contributed by atoms with Gasteiger partial charge in [-0.15, -0.1) is 11.3 Å². The van der Waals surface area contributed by atoms with Gasteiger partial charge in [-0.25, -0.2) is 4.98 Å². The van der Waals surface area contributed by atoms with Crippen molar-refractivity contribution < 1.29 is 4.74 Å². The molecule has 1 fully saturated rings. The van der Waals surface area contributed by atoms with Gasteiger partial charge in [-0.05, 0) is 25.8 Å². The molecule has 1 saturated heterocycles. The van der Waals surface area contributed by atoms with Crippen molar-refractivity contribution in [2.45, 2.75) is 25.4 Å². The summed E-state index contributed by atoms with van der Waals surface area (Å²) < 4.78 is 5.82. The van der Waals surface area contributed by atoms with Crippen molar-refractivity contribution >= 4 is 17.0 Å². The summed E-state index contributed by atoms with van der Waals surface area (Å²) >= 11 is 1.66. The maximum absolute atomic E-state index is 5.98. The molecular formula is C14H16N2OS. The molecule has 0 spiro atoms. The van der Waals surface area contributed by atoms with Gasteiger partial charge < -0.3 is 10.5 Å². The molecule has 3 nitrogen and oxygen atoms in total. The molecule has 0 amide bonds. The van der Waals surface area contributed by atoms with Gasteiger partial charge in [0.1, 0.15) is 10.6 Å². The quantitative estimate of drug-likeness (QED) is 0.842. The van der Waals surface area contributed by atoms with Gasteiger partial charge in [-0.2, -0.15) is 0 Å². The van der Waals surface area contributed by atoms with E-state index in [4.69, 9.17) is 15.5 Å². The van der Waals surface area contributed by atoms with Crippen LogP contribution >= 0.6 is 11.3 Å². The van der Waals surface area contributed by atoms with Crippen LogP contribution in [0.1, 0.15) is 24.8 Å². The maximum Gasteiger partial charge on any atom is 0.125 e. The number of thiazole rings is 1. The third-order valence-corrected chi connectivity index (χ3v) is 4.50. The molecule has 1 aliphatic heterocycles. The number of hydrogen-bond donors (Lipinski definition) is 1. The Labute approximate surface area is 111 Å². The van der Waals surface area contributed by atoms with Crippen LogP contribution in [0.5, 0.6) is 0 Å². The van der Waals surface area contributed by atoms with E-state index in [1.807, 2.05) is 24.3 Å².